The Bertz CT molecular complexity index is 837. The van der Waals surface area contributed by atoms with Gasteiger partial charge in [0.15, 0.2) is 22.3 Å². The normalized spacial score (nSPS) is 13.5. The summed E-state index contributed by atoms with van der Waals surface area (Å²) in [6.07, 6.45) is 1.97. The SMILES string of the molecule is Brc1cc2c(cc1CSc1nnc3ccccn13)OCCO2. The Kier molecular flexibility index (Phi) is 3.67. The molecule has 0 saturated carbocycles. The molecule has 0 bridgehead atoms. The van der Waals surface area contributed by atoms with Crippen molar-refractivity contribution in [3.63, 3.8) is 0 Å². The second-order valence-electron chi connectivity index (χ2n) is 4.79. The maximum Gasteiger partial charge on any atom is 0.195 e. The van der Waals surface area contributed by atoms with Crippen molar-refractivity contribution in [3.05, 3.63) is 46.6 Å². The number of benzene rings is 1. The minimum atomic E-state index is 0.593. The smallest absolute Gasteiger partial charge is 0.195 e. The first-order valence-electron chi connectivity index (χ1n) is 6.82. The molecule has 112 valence electrons. The highest BCUT2D eigenvalue weighted by atomic mass is 79.9. The number of hydrogen-bond donors (Lipinski definition) is 0. The Morgan fingerprint density at radius 3 is 2.82 bits per heavy atom. The molecule has 0 saturated heterocycles. The Morgan fingerprint density at radius 2 is 1.95 bits per heavy atom. The van der Waals surface area contributed by atoms with Crippen LogP contribution in [0.4, 0.5) is 0 Å². The van der Waals surface area contributed by atoms with Crippen molar-refractivity contribution in [3.8, 4) is 11.5 Å². The molecule has 1 aliphatic heterocycles. The molecule has 7 heteroatoms. The summed E-state index contributed by atoms with van der Waals surface area (Å²) in [5.41, 5.74) is 1.99. The molecule has 22 heavy (non-hydrogen) atoms. The second-order valence-corrected chi connectivity index (χ2v) is 6.58. The largest absolute Gasteiger partial charge is 0.486 e. The summed E-state index contributed by atoms with van der Waals surface area (Å²) in [6, 6.07) is 9.86. The molecule has 2 aromatic heterocycles. The average molecular weight is 378 g/mol. The number of halogens is 1. The molecule has 0 aliphatic carbocycles. The molecular formula is C15H12BrN3O2S. The lowest BCUT2D eigenvalue weighted by atomic mass is 10.2. The fourth-order valence-electron chi connectivity index (χ4n) is 2.28. The van der Waals surface area contributed by atoms with Gasteiger partial charge in [-0.3, -0.25) is 4.40 Å². The summed E-state index contributed by atoms with van der Waals surface area (Å²) in [5.74, 6) is 2.36. The number of aromatic nitrogens is 3. The Labute approximate surface area is 139 Å². The highest BCUT2D eigenvalue weighted by molar-refractivity contribution is 9.10. The summed E-state index contributed by atoms with van der Waals surface area (Å²) in [7, 11) is 0. The average Bonchev–Trinajstić information content (AvgIpc) is 2.96. The zero-order valence-electron chi connectivity index (χ0n) is 11.5. The van der Waals surface area contributed by atoms with E-state index < -0.39 is 0 Å². The van der Waals surface area contributed by atoms with E-state index in [0.29, 0.717) is 13.2 Å². The van der Waals surface area contributed by atoms with Crippen molar-refractivity contribution in [1.82, 2.24) is 14.6 Å². The van der Waals surface area contributed by atoms with Gasteiger partial charge in [-0.2, -0.15) is 0 Å². The van der Waals surface area contributed by atoms with Crippen molar-refractivity contribution in [1.29, 1.82) is 0 Å². The van der Waals surface area contributed by atoms with Crippen LogP contribution in [-0.2, 0) is 5.75 Å². The van der Waals surface area contributed by atoms with Crippen molar-refractivity contribution >= 4 is 33.3 Å². The molecule has 0 fully saturated rings. The summed E-state index contributed by atoms with van der Waals surface area (Å²) < 4.78 is 14.2. The van der Waals surface area contributed by atoms with Gasteiger partial charge in [-0.15, -0.1) is 10.2 Å². The molecule has 0 amide bonds. The van der Waals surface area contributed by atoms with Gasteiger partial charge in [0, 0.05) is 16.4 Å². The number of hydrogen-bond acceptors (Lipinski definition) is 5. The molecule has 0 spiro atoms. The minimum absolute atomic E-state index is 0.593. The molecule has 1 aromatic carbocycles. The van der Waals surface area contributed by atoms with Crippen LogP contribution in [0.1, 0.15) is 5.56 Å². The second kappa shape index (κ2) is 5.81. The number of thioether (sulfide) groups is 1. The Hall–Kier alpha value is -1.73. The first-order chi connectivity index (χ1) is 10.8. The van der Waals surface area contributed by atoms with E-state index >= 15 is 0 Å². The van der Waals surface area contributed by atoms with E-state index in [1.807, 2.05) is 40.9 Å². The minimum Gasteiger partial charge on any atom is -0.486 e. The molecule has 3 aromatic rings. The monoisotopic (exact) mass is 377 g/mol. The van der Waals surface area contributed by atoms with Gasteiger partial charge in [0.25, 0.3) is 0 Å². The lowest BCUT2D eigenvalue weighted by Gasteiger charge is -2.19. The van der Waals surface area contributed by atoms with E-state index in [2.05, 4.69) is 26.1 Å². The molecule has 1 aliphatic rings. The van der Waals surface area contributed by atoms with Crippen LogP contribution in [0.15, 0.2) is 46.2 Å². The van der Waals surface area contributed by atoms with Gasteiger partial charge in [-0.25, -0.2) is 0 Å². The van der Waals surface area contributed by atoms with E-state index in [1.54, 1.807) is 11.8 Å². The predicted molar refractivity (Wildman–Crippen MR) is 87.7 cm³/mol. The van der Waals surface area contributed by atoms with Crippen LogP contribution < -0.4 is 9.47 Å². The third-order valence-corrected chi connectivity index (χ3v) is 5.08. The van der Waals surface area contributed by atoms with Crippen molar-refractivity contribution in [2.45, 2.75) is 10.9 Å². The van der Waals surface area contributed by atoms with Gasteiger partial charge in [0.1, 0.15) is 13.2 Å². The molecule has 0 atom stereocenters. The van der Waals surface area contributed by atoms with Gasteiger partial charge in [0.05, 0.1) is 0 Å². The molecule has 3 heterocycles. The summed E-state index contributed by atoms with van der Waals surface area (Å²) >= 11 is 5.24. The third kappa shape index (κ3) is 2.55. The van der Waals surface area contributed by atoms with E-state index in [4.69, 9.17) is 9.47 Å². The van der Waals surface area contributed by atoms with Crippen LogP contribution in [0.3, 0.4) is 0 Å². The fourth-order valence-corrected chi connectivity index (χ4v) is 3.84. The van der Waals surface area contributed by atoms with Gasteiger partial charge >= 0.3 is 0 Å². The molecule has 4 rings (SSSR count). The van der Waals surface area contributed by atoms with Gasteiger partial charge < -0.3 is 9.47 Å². The molecule has 0 radical (unpaired) electrons. The number of fused-ring (bicyclic) bond motifs is 2. The summed E-state index contributed by atoms with van der Waals surface area (Å²) in [4.78, 5) is 0. The zero-order valence-corrected chi connectivity index (χ0v) is 13.9. The van der Waals surface area contributed by atoms with Crippen molar-refractivity contribution in [2.24, 2.45) is 0 Å². The maximum atomic E-state index is 5.64. The van der Waals surface area contributed by atoms with Crippen molar-refractivity contribution in [2.75, 3.05) is 13.2 Å². The number of ether oxygens (including phenoxy) is 2. The topological polar surface area (TPSA) is 48.7 Å². The first kappa shape index (κ1) is 13.9. The first-order valence-corrected chi connectivity index (χ1v) is 8.60. The quantitative estimate of drug-likeness (QED) is 0.653. The van der Waals surface area contributed by atoms with Crippen LogP contribution in [0.2, 0.25) is 0 Å². The molecule has 5 nitrogen and oxygen atoms in total. The molecule has 0 unspecified atom stereocenters. The highest BCUT2D eigenvalue weighted by Crippen LogP contribution is 2.37. The number of rotatable bonds is 3. The van der Waals surface area contributed by atoms with E-state index in [9.17, 15) is 0 Å². The molecule has 0 N–H and O–H groups in total. The highest BCUT2D eigenvalue weighted by Gasteiger charge is 2.15. The van der Waals surface area contributed by atoms with Crippen LogP contribution >= 0.6 is 27.7 Å². The fraction of sp³-hybridized carbons (Fsp3) is 0.200. The maximum absolute atomic E-state index is 5.64. The lowest BCUT2D eigenvalue weighted by molar-refractivity contribution is 0.171. The number of nitrogens with zero attached hydrogens (tertiary/aromatic N) is 3. The zero-order chi connectivity index (χ0) is 14.9. The van der Waals surface area contributed by atoms with Crippen molar-refractivity contribution < 1.29 is 9.47 Å². The van der Waals surface area contributed by atoms with E-state index in [1.165, 1.54) is 0 Å². The Balaban J connectivity index is 1.59. The van der Waals surface area contributed by atoms with Gasteiger partial charge in [-0.05, 0) is 29.8 Å². The van der Waals surface area contributed by atoms with Crippen LogP contribution in [-0.4, -0.2) is 27.8 Å². The van der Waals surface area contributed by atoms with Crippen LogP contribution in [0, 0.1) is 0 Å². The number of pyridine rings is 1. The summed E-state index contributed by atoms with van der Waals surface area (Å²) in [5, 5.41) is 9.26. The predicted octanol–water partition coefficient (Wildman–Crippen LogP) is 3.56. The lowest BCUT2D eigenvalue weighted by Crippen LogP contribution is -2.15. The van der Waals surface area contributed by atoms with E-state index in [-0.39, 0.29) is 0 Å². The van der Waals surface area contributed by atoms with Gasteiger partial charge in [0.2, 0.25) is 0 Å². The third-order valence-electron chi connectivity index (χ3n) is 3.35. The van der Waals surface area contributed by atoms with Crippen LogP contribution in [0.25, 0.3) is 5.65 Å². The standard InChI is InChI=1S/C15H12BrN3O2S/c16-11-8-13-12(20-5-6-21-13)7-10(11)9-22-15-18-17-14-3-1-2-4-19(14)15/h1-4,7-8H,5-6,9H2. The molecular weight excluding hydrogens is 366 g/mol. The Morgan fingerprint density at radius 1 is 1.14 bits per heavy atom. The van der Waals surface area contributed by atoms with Crippen LogP contribution in [0.5, 0.6) is 11.5 Å². The van der Waals surface area contributed by atoms with E-state index in [0.717, 1.165) is 38.1 Å². The summed E-state index contributed by atoms with van der Waals surface area (Å²) in [6.45, 7) is 1.19. The van der Waals surface area contributed by atoms with Gasteiger partial charge in [-0.1, -0.05) is 33.8 Å².